The summed E-state index contributed by atoms with van der Waals surface area (Å²) in [5.74, 6) is -2.32. The van der Waals surface area contributed by atoms with Crippen LogP contribution >= 0.6 is 0 Å². The van der Waals surface area contributed by atoms with Gasteiger partial charge in [0.15, 0.2) is 6.61 Å². The number of benzene rings is 1. The van der Waals surface area contributed by atoms with Gasteiger partial charge in [0, 0.05) is 31.6 Å². The number of rotatable bonds is 9. The summed E-state index contributed by atoms with van der Waals surface area (Å²) in [6, 6.07) is 5.35. The van der Waals surface area contributed by atoms with E-state index in [1.807, 2.05) is 0 Å². The molecule has 11 heteroatoms. The molecule has 1 aromatic rings. The van der Waals surface area contributed by atoms with E-state index in [1.165, 1.54) is 28.6 Å². The number of ether oxygens (including phenoxy) is 1. The Kier molecular flexibility index (Phi) is 8.07. The maximum Gasteiger partial charge on any atom is 0.325 e. The van der Waals surface area contributed by atoms with E-state index in [1.54, 1.807) is 13.8 Å². The van der Waals surface area contributed by atoms with E-state index in [0.717, 1.165) is 4.90 Å². The number of nitrogens with zero attached hydrogens (tertiary/aromatic N) is 2. The third-order valence-corrected chi connectivity index (χ3v) is 6.65. The molecule has 10 nitrogen and oxygen atoms in total. The summed E-state index contributed by atoms with van der Waals surface area (Å²) in [6.45, 7) is 3.40. The molecule has 0 unspecified atom stereocenters. The van der Waals surface area contributed by atoms with Gasteiger partial charge >= 0.3 is 5.97 Å². The second-order valence-electron chi connectivity index (χ2n) is 6.50. The first-order valence-electron chi connectivity index (χ1n) is 9.58. The van der Waals surface area contributed by atoms with Gasteiger partial charge in [-0.1, -0.05) is 13.8 Å². The van der Waals surface area contributed by atoms with Crippen molar-refractivity contribution >= 4 is 33.7 Å². The number of carbonyl (C=O) groups is 4. The van der Waals surface area contributed by atoms with Gasteiger partial charge in [-0.3, -0.25) is 24.1 Å². The van der Waals surface area contributed by atoms with E-state index in [9.17, 15) is 27.6 Å². The average Bonchev–Trinajstić information content (AvgIpc) is 3.17. The second kappa shape index (κ2) is 10.3. The van der Waals surface area contributed by atoms with Crippen molar-refractivity contribution in [3.8, 4) is 0 Å². The Morgan fingerprint density at radius 3 is 2.30 bits per heavy atom. The predicted octanol–water partition coefficient (Wildman–Crippen LogP) is 0.139. The molecule has 0 saturated carbocycles. The van der Waals surface area contributed by atoms with E-state index >= 15 is 0 Å². The SMILES string of the molecule is CCN(CC)S(=O)(=O)c1ccc(C(=O)NCC(=O)OCC(=O)N2CCCC2=O)cc1. The van der Waals surface area contributed by atoms with Crippen molar-refractivity contribution in [2.75, 3.05) is 32.8 Å². The van der Waals surface area contributed by atoms with Crippen LogP contribution in [0.15, 0.2) is 29.2 Å². The highest BCUT2D eigenvalue weighted by Crippen LogP contribution is 2.16. The largest absolute Gasteiger partial charge is 0.454 e. The van der Waals surface area contributed by atoms with Crippen molar-refractivity contribution in [2.45, 2.75) is 31.6 Å². The van der Waals surface area contributed by atoms with Gasteiger partial charge in [0.05, 0.1) is 4.90 Å². The zero-order chi connectivity index (χ0) is 22.3. The Balaban J connectivity index is 1.85. The predicted molar refractivity (Wildman–Crippen MR) is 106 cm³/mol. The molecule has 0 atom stereocenters. The Morgan fingerprint density at radius 2 is 1.77 bits per heavy atom. The molecular formula is C19H25N3O7S. The van der Waals surface area contributed by atoms with Crippen molar-refractivity contribution in [1.29, 1.82) is 0 Å². The van der Waals surface area contributed by atoms with Crippen molar-refractivity contribution < 1.29 is 32.3 Å². The molecule has 2 rings (SSSR count). The Labute approximate surface area is 175 Å². The first kappa shape index (κ1) is 23.5. The summed E-state index contributed by atoms with van der Waals surface area (Å²) >= 11 is 0. The molecule has 0 aromatic heterocycles. The first-order chi connectivity index (χ1) is 14.2. The zero-order valence-electron chi connectivity index (χ0n) is 16.9. The van der Waals surface area contributed by atoms with E-state index in [4.69, 9.17) is 4.74 Å². The highest BCUT2D eigenvalue weighted by atomic mass is 32.2. The van der Waals surface area contributed by atoms with Crippen LogP contribution in [0.3, 0.4) is 0 Å². The lowest BCUT2D eigenvalue weighted by atomic mass is 10.2. The molecule has 30 heavy (non-hydrogen) atoms. The van der Waals surface area contributed by atoms with Crippen LogP contribution in [-0.2, 0) is 29.1 Å². The van der Waals surface area contributed by atoms with Gasteiger partial charge in [-0.15, -0.1) is 0 Å². The quantitative estimate of drug-likeness (QED) is 0.542. The third-order valence-electron chi connectivity index (χ3n) is 4.58. The molecule has 1 heterocycles. The van der Waals surface area contributed by atoms with Crippen LogP contribution in [-0.4, -0.2) is 74.1 Å². The van der Waals surface area contributed by atoms with Crippen molar-refractivity contribution in [3.63, 3.8) is 0 Å². The smallest absolute Gasteiger partial charge is 0.325 e. The fourth-order valence-corrected chi connectivity index (χ4v) is 4.39. The molecular weight excluding hydrogens is 414 g/mol. The number of hydrogen-bond acceptors (Lipinski definition) is 7. The molecule has 1 aliphatic rings. The lowest BCUT2D eigenvalue weighted by Crippen LogP contribution is -2.37. The molecule has 0 aliphatic carbocycles. The van der Waals surface area contributed by atoms with E-state index in [0.29, 0.717) is 32.5 Å². The number of likely N-dealkylation sites (tertiary alicyclic amines) is 1. The highest BCUT2D eigenvalue weighted by molar-refractivity contribution is 7.89. The lowest BCUT2D eigenvalue weighted by molar-refractivity contribution is -0.154. The van der Waals surface area contributed by atoms with Crippen molar-refractivity contribution in [3.05, 3.63) is 29.8 Å². The van der Waals surface area contributed by atoms with Crippen LogP contribution in [0, 0.1) is 0 Å². The minimum Gasteiger partial charge on any atom is -0.454 e. The number of esters is 1. The van der Waals surface area contributed by atoms with Gasteiger partial charge in [0.2, 0.25) is 15.9 Å². The minimum atomic E-state index is -3.63. The molecule has 0 radical (unpaired) electrons. The zero-order valence-corrected chi connectivity index (χ0v) is 17.7. The monoisotopic (exact) mass is 439 g/mol. The molecule has 164 valence electrons. The van der Waals surface area contributed by atoms with Crippen LogP contribution in [0.2, 0.25) is 0 Å². The molecule has 1 N–H and O–H groups in total. The average molecular weight is 439 g/mol. The summed E-state index contributed by atoms with van der Waals surface area (Å²) in [7, 11) is -3.63. The molecule has 0 bridgehead atoms. The maximum atomic E-state index is 12.4. The lowest BCUT2D eigenvalue weighted by Gasteiger charge is -2.18. The van der Waals surface area contributed by atoms with E-state index in [-0.39, 0.29) is 16.4 Å². The Bertz CT molecular complexity index is 909. The number of carbonyl (C=O) groups excluding carboxylic acids is 4. The topological polar surface area (TPSA) is 130 Å². The van der Waals surface area contributed by atoms with Crippen molar-refractivity contribution in [2.24, 2.45) is 0 Å². The number of nitrogens with one attached hydrogen (secondary N) is 1. The van der Waals surface area contributed by atoms with Crippen LogP contribution in [0.4, 0.5) is 0 Å². The molecule has 3 amide bonds. The van der Waals surface area contributed by atoms with Gasteiger partial charge in [-0.25, -0.2) is 8.42 Å². The fraction of sp³-hybridized carbons (Fsp3) is 0.474. The molecule has 1 fully saturated rings. The Hall–Kier alpha value is -2.79. The second-order valence-corrected chi connectivity index (χ2v) is 8.44. The maximum absolute atomic E-state index is 12.4. The van der Waals surface area contributed by atoms with Gasteiger partial charge < -0.3 is 10.1 Å². The summed E-state index contributed by atoms with van der Waals surface area (Å²) in [6.07, 6.45) is 0.883. The van der Waals surface area contributed by atoms with Crippen LogP contribution < -0.4 is 5.32 Å². The standard InChI is InChI=1S/C19H25N3O7S/c1-3-21(4-2)30(27,28)15-9-7-14(8-10-15)19(26)20-12-18(25)29-13-17(24)22-11-5-6-16(22)23/h7-10H,3-6,11-13H2,1-2H3,(H,20,26). The number of hydrogen-bond donors (Lipinski definition) is 1. The number of sulfonamides is 1. The van der Waals surface area contributed by atoms with Gasteiger partial charge in [-0.2, -0.15) is 4.31 Å². The molecule has 1 aromatic carbocycles. The first-order valence-corrected chi connectivity index (χ1v) is 11.0. The third kappa shape index (κ3) is 5.63. The van der Waals surface area contributed by atoms with E-state index < -0.39 is 41.0 Å². The van der Waals surface area contributed by atoms with Gasteiger partial charge in [-0.05, 0) is 30.7 Å². The highest BCUT2D eigenvalue weighted by Gasteiger charge is 2.27. The molecule has 1 saturated heterocycles. The van der Waals surface area contributed by atoms with Gasteiger partial charge in [0.25, 0.3) is 11.8 Å². The number of imide groups is 1. The number of amides is 3. The summed E-state index contributed by atoms with van der Waals surface area (Å²) in [5, 5.41) is 2.34. The van der Waals surface area contributed by atoms with Crippen molar-refractivity contribution in [1.82, 2.24) is 14.5 Å². The minimum absolute atomic E-state index is 0.0668. The fourth-order valence-electron chi connectivity index (χ4n) is 2.93. The molecule has 1 aliphatic heterocycles. The van der Waals surface area contributed by atoms with Gasteiger partial charge in [0.1, 0.15) is 6.54 Å². The normalized spacial score (nSPS) is 14.1. The molecule has 0 spiro atoms. The summed E-state index contributed by atoms with van der Waals surface area (Å²) in [5.41, 5.74) is 0.167. The van der Waals surface area contributed by atoms with Crippen LogP contribution in [0.5, 0.6) is 0 Å². The van der Waals surface area contributed by atoms with E-state index in [2.05, 4.69) is 5.32 Å². The van der Waals surface area contributed by atoms with Crippen LogP contribution in [0.1, 0.15) is 37.0 Å². The Morgan fingerprint density at radius 1 is 1.13 bits per heavy atom. The van der Waals surface area contributed by atoms with Crippen LogP contribution in [0.25, 0.3) is 0 Å². The summed E-state index contributed by atoms with van der Waals surface area (Å²) < 4.78 is 31.0. The summed E-state index contributed by atoms with van der Waals surface area (Å²) in [4.78, 5) is 48.3.